The molecule has 1 heterocycles. The summed E-state index contributed by atoms with van der Waals surface area (Å²) < 4.78 is 5.59. The molecule has 18 heavy (non-hydrogen) atoms. The zero-order valence-corrected chi connectivity index (χ0v) is 10.3. The highest BCUT2D eigenvalue weighted by Crippen LogP contribution is 2.22. The largest absolute Gasteiger partial charge is 0.478 e. The number of allylic oxidation sites excluding steroid dienone is 1. The predicted octanol–water partition coefficient (Wildman–Crippen LogP) is 3.07. The van der Waals surface area contributed by atoms with Crippen LogP contribution < -0.4 is 4.74 Å². The molecule has 3 heteroatoms. The van der Waals surface area contributed by atoms with Crippen molar-refractivity contribution < 1.29 is 9.84 Å². The summed E-state index contributed by atoms with van der Waals surface area (Å²) in [6.07, 6.45) is 3.73. The zero-order chi connectivity index (χ0) is 12.8. The second-order valence-corrected chi connectivity index (χ2v) is 4.07. The van der Waals surface area contributed by atoms with Crippen molar-refractivity contribution in [1.82, 2.24) is 4.98 Å². The number of aromatic nitrogens is 1. The van der Waals surface area contributed by atoms with E-state index in [-0.39, 0.29) is 6.61 Å². The molecule has 2 rings (SSSR count). The van der Waals surface area contributed by atoms with Gasteiger partial charge in [0.05, 0.1) is 18.7 Å². The number of para-hydroxylation sites is 1. The van der Waals surface area contributed by atoms with E-state index in [0.717, 1.165) is 29.3 Å². The fourth-order valence-electron chi connectivity index (χ4n) is 1.83. The van der Waals surface area contributed by atoms with E-state index >= 15 is 0 Å². The molecule has 0 bridgehead atoms. The van der Waals surface area contributed by atoms with Crippen molar-refractivity contribution in [3.8, 4) is 5.88 Å². The Morgan fingerprint density at radius 2 is 2.17 bits per heavy atom. The van der Waals surface area contributed by atoms with Gasteiger partial charge in [0.2, 0.25) is 5.88 Å². The fourth-order valence-corrected chi connectivity index (χ4v) is 1.83. The minimum Gasteiger partial charge on any atom is -0.478 e. The van der Waals surface area contributed by atoms with Crippen LogP contribution in [0.5, 0.6) is 5.88 Å². The topological polar surface area (TPSA) is 42.4 Å². The summed E-state index contributed by atoms with van der Waals surface area (Å²) in [5.74, 6) is 0.571. The second-order valence-electron chi connectivity index (χ2n) is 4.07. The maximum atomic E-state index is 9.37. The van der Waals surface area contributed by atoms with Gasteiger partial charge in [-0.1, -0.05) is 24.3 Å². The Morgan fingerprint density at radius 3 is 2.94 bits per heavy atom. The fraction of sp³-hybridized carbons (Fsp3) is 0.267. The summed E-state index contributed by atoms with van der Waals surface area (Å²) in [5.41, 5.74) is 1.70. The van der Waals surface area contributed by atoms with Crippen molar-refractivity contribution in [2.45, 2.75) is 19.4 Å². The summed E-state index contributed by atoms with van der Waals surface area (Å²) in [7, 11) is 0. The van der Waals surface area contributed by atoms with Crippen LogP contribution in [-0.4, -0.2) is 16.7 Å². The van der Waals surface area contributed by atoms with Crippen LogP contribution in [0.3, 0.4) is 0 Å². The number of nitrogens with zero attached hydrogens (tertiary/aromatic N) is 1. The third-order valence-corrected chi connectivity index (χ3v) is 2.75. The SMILES string of the molecule is C=CCCCOc1cc(CO)c2ccccc2n1. The molecule has 0 aliphatic heterocycles. The lowest BCUT2D eigenvalue weighted by Gasteiger charge is -2.08. The standard InChI is InChI=1S/C15H17NO2/c1-2-3-6-9-18-15-10-12(11-17)13-7-4-5-8-14(13)16-15/h2,4-5,7-8,10,17H,1,3,6,9,11H2. The minimum absolute atomic E-state index is 0.00789. The number of fused-ring (bicyclic) bond motifs is 1. The molecule has 1 aromatic carbocycles. The molecule has 0 amide bonds. The Hall–Kier alpha value is -1.87. The maximum Gasteiger partial charge on any atom is 0.214 e. The van der Waals surface area contributed by atoms with Crippen LogP contribution >= 0.6 is 0 Å². The first-order chi connectivity index (χ1) is 8.85. The molecular formula is C15H17NO2. The Bertz CT molecular complexity index is 537. The molecule has 0 unspecified atom stereocenters. The molecule has 0 atom stereocenters. The third-order valence-electron chi connectivity index (χ3n) is 2.75. The minimum atomic E-state index is -0.00789. The summed E-state index contributed by atoms with van der Waals surface area (Å²) in [6, 6.07) is 9.54. The summed E-state index contributed by atoms with van der Waals surface area (Å²) in [6.45, 7) is 4.27. The first-order valence-corrected chi connectivity index (χ1v) is 6.08. The van der Waals surface area contributed by atoms with Crippen molar-refractivity contribution in [1.29, 1.82) is 0 Å². The number of ether oxygens (including phenoxy) is 1. The second kappa shape index (κ2) is 6.17. The van der Waals surface area contributed by atoms with Gasteiger partial charge in [0.25, 0.3) is 0 Å². The van der Waals surface area contributed by atoms with E-state index in [0.29, 0.717) is 12.5 Å². The van der Waals surface area contributed by atoms with E-state index in [2.05, 4.69) is 11.6 Å². The highest BCUT2D eigenvalue weighted by Gasteiger charge is 2.05. The normalized spacial score (nSPS) is 10.5. The summed E-state index contributed by atoms with van der Waals surface area (Å²) in [5, 5.41) is 10.3. The van der Waals surface area contributed by atoms with Crippen molar-refractivity contribution in [2.75, 3.05) is 6.61 Å². The first kappa shape index (κ1) is 12.6. The van der Waals surface area contributed by atoms with Crippen molar-refractivity contribution in [2.24, 2.45) is 0 Å². The number of aliphatic hydroxyl groups is 1. The van der Waals surface area contributed by atoms with Gasteiger partial charge in [0.1, 0.15) is 0 Å². The number of pyridine rings is 1. The monoisotopic (exact) mass is 243 g/mol. The van der Waals surface area contributed by atoms with Crippen LogP contribution in [0.15, 0.2) is 43.0 Å². The molecule has 0 aliphatic carbocycles. The maximum absolute atomic E-state index is 9.37. The van der Waals surface area contributed by atoms with E-state index in [9.17, 15) is 5.11 Å². The lowest BCUT2D eigenvalue weighted by Crippen LogP contribution is -2.00. The molecule has 3 nitrogen and oxygen atoms in total. The number of benzene rings is 1. The molecule has 0 radical (unpaired) electrons. The number of hydrogen-bond acceptors (Lipinski definition) is 3. The first-order valence-electron chi connectivity index (χ1n) is 6.08. The Labute approximate surface area is 107 Å². The summed E-state index contributed by atoms with van der Waals surface area (Å²) in [4.78, 5) is 4.42. The highest BCUT2D eigenvalue weighted by molar-refractivity contribution is 5.82. The molecule has 0 aliphatic rings. The van der Waals surface area contributed by atoms with Gasteiger partial charge in [0.15, 0.2) is 0 Å². The van der Waals surface area contributed by atoms with Crippen LogP contribution in [0.1, 0.15) is 18.4 Å². The molecule has 0 saturated carbocycles. The average molecular weight is 243 g/mol. The van der Waals surface area contributed by atoms with Crippen LogP contribution in [0.25, 0.3) is 10.9 Å². The van der Waals surface area contributed by atoms with E-state index in [1.807, 2.05) is 30.3 Å². The van der Waals surface area contributed by atoms with Gasteiger partial charge >= 0.3 is 0 Å². The van der Waals surface area contributed by atoms with E-state index in [4.69, 9.17) is 4.74 Å². The summed E-state index contributed by atoms with van der Waals surface area (Å²) >= 11 is 0. The van der Waals surface area contributed by atoms with Gasteiger partial charge in [-0.3, -0.25) is 0 Å². The highest BCUT2D eigenvalue weighted by atomic mass is 16.5. The predicted molar refractivity (Wildman–Crippen MR) is 72.6 cm³/mol. The number of rotatable bonds is 6. The number of unbranched alkanes of at least 4 members (excludes halogenated alkanes) is 1. The number of hydrogen-bond donors (Lipinski definition) is 1. The molecule has 1 N–H and O–H groups in total. The molecule has 2 aromatic rings. The van der Waals surface area contributed by atoms with Gasteiger partial charge in [-0.15, -0.1) is 6.58 Å². The molecule has 1 aromatic heterocycles. The van der Waals surface area contributed by atoms with Gasteiger partial charge in [-0.2, -0.15) is 0 Å². The van der Waals surface area contributed by atoms with Crippen LogP contribution in [-0.2, 0) is 6.61 Å². The van der Waals surface area contributed by atoms with Crippen molar-refractivity contribution in [3.05, 3.63) is 48.6 Å². The van der Waals surface area contributed by atoms with Gasteiger partial charge in [-0.05, 0) is 24.5 Å². The third kappa shape index (κ3) is 2.87. The van der Waals surface area contributed by atoms with Crippen molar-refractivity contribution in [3.63, 3.8) is 0 Å². The van der Waals surface area contributed by atoms with Crippen molar-refractivity contribution >= 4 is 10.9 Å². The Balaban J connectivity index is 2.21. The molecule has 94 valence electrons. The van der Waals surface area contributed by atoms with E-state index < -0.39 is 0 Å². The van der Waals surface area contributed by atoms with Crippen LogP contribution in [0, 0.1) is 0 Å². The smallest absolute Gasteiger partial charge is 0.214 e. The average Bonchev–Trinajstić information content (AvgIpc) is 2.42. The lowest BCUT2D eigenvalue weighted by molar-refractivity contribution is 0.278. The van der Waals surface area contributed by atoms with E-state index in [1.165, 1.54) is 0 Å². The van der Waals surface area contributed by atoms with Gasteiger partial charge < -0.3 is 9.84 Å². The molecule has 0 spiro atoms. The zero-order valence-electron chi connectivity index (χ0n) is 10.3. The van der Waals surface area contributed by atoms with E-state index in [1.54, 1.807) is 6.07 Å². The Kier molecular flexibility index (Phi) is 4.31. The molecular weight excluding hydrogens is 226 g/mol. The van der Waals surface area contributed by atoms with Crippen LogP contribution in [0.4, 0.5) is 0 Å². The molecule has 0 fully saturated rings. The van der Waals surface area contributed by atoms with Gasteiger partial charge in [0, 0.05) is 11.5 Å². The van der Waals surface area contributed by atoms with Gasteiger partial charge in [-0.25, -0.2) is 4.98 Å². The number of aliphatic hydroxyl groups excluding tert-OH is 1. The van der Waals surface area contributed by atoms with Crippen LogP contribution in [0.2, 0.25) is 0 Å². The molecule has 0 saturated heterocycles. The lowest BCUT2D eigenvalue weighted by atomic mass is 10.1. The Morgan fingerprint density at radius 1 is 1.33 bits per heavy atom. The quantitative estimate of drug-likeness (QED) is 0.626.